The molecule has 2 aromatic rings. The Hall–Kier alpha value is -2.50. The molecule has 154 valence electrons. The van der Waals surface area contributed by atoms with Gasteiger partial charge in [0.15, 0.2) is 5.78 Å². The van der Waals surface area contributed by atoms with Crippen LogP contribution in [0.15, 0.2) is 48.5 Å². The topological polar surface area (TPSA) is 52.7 Å². The average Bonchev–Trinajstić information content (AvgIpc) is 2.97. The molecule has 1 N–H and O–H groups in total. The summed E-state index contributed by atoms with van der Waals surface area (Å²) in [6.45, 7) is 6.28. The van der Waals surface area contributed by atoms with Gasteiger partial charge in [-0.15, -0.1) is 0 Å². The predicted octanol–water partition coefficient (Wildman–Crippen LogP) is 2.11. The van der Waals surface area contributed by atoms with E-state index in [1.807, 2.05) is 18.2 Å². The van der Waals surface area contributed by atoms with E-state index >= 15 is 0 Å². The van der Waals surface area contributed by atoms with E-state index in [0.29, 0.717) is 24.3 Å². The quantitative estimate of drug-likeness (QED) is 0.856. The lowest BCUT2D eigenvalue weighted by Gasteiger charge is -2.55. The number of carbonyl (C=O) groups excluding carboxylic acids is 2. The second kappa shape index (κ2) is 6.76. The van der Waals surface area contributed by atoms with Crippen LogP contribution in [0.4, 0.5) is 0 Å². The zero-order valence-electron chi connectivity index (χ0n) is 17.1. The van der Waals surface area contributed by atoms with Crippen LogP contribution in [0.3, 0.4) is 0 Å². The molecule has 4 fully saturated rings. The van der Waals surface area contributed by atoms with Crippen LogP contribution < -0.4 is 5.32 Å². The number of ketones is 1. The Morgan fingerprint density at radius 1 is 0.933 bits per heavy atom. The van der Waals surface area contributed by atoms with Gasteiger partial charge in [-0.05, 0) is 23.6 Å². The van der Waals surface area contributed by atoms with Crippen molar-refractivity contribution in [1.82, 2.24) is 15.1 Å². The van der Waals surface area contributed by atoms with Gasteiger partial charge < -0.3 is 15.1 Å². The SMILES string of the molecule is O=C1CCc2c1cccc2C(=O)NC1C2CN3CCN(C2)CC1(c1ccccc1)C3. The van der Waals surface area contributed by atoms with Crippen molar-refractivity contribution in [3.8, 4) is 0 Å². The summed E-state index contributed by atoms with van der Waals surface area (Å²) in [6, 6.07) is 16.5. The molecule has 4 saturated heterocycles. The third-order valence-corrected chi connectivity index (χ3v) is 7.75. The van der Waals surface area contributed by atoms with Gasteiger partial charge in [-0.2, -0.15) is 0 Å². The van der Waals surface area contributed by atoms with Crippen LogP contribution in [0.1, 0.15) is 38.3 Å². The molecular formula is C25H27N3O2. The van der Waals surface area contributed by atoms with Crippen molar-refractivity contribution >= 4 is 11.7 Å². The van der Waals surface area contributed by atoms with E-state index in [2.05, 4.69) is 45.4 Å². The molecule has 1 amide bonds. The van der Waals surface area contributed by atoms with E-state index in [9.17, 15) is 9.59 Å². The second-order valence-corrected chi connectivity index (χ2v) is 9.46. The summed E-state index contributed by atoms with van der Waals surface area (Å²) in [4.78, 5) is 30.9. The van der Waals surface area contributed by atoms with Crippen molar-refractivity contribution in [3.05, 3.63) is 70.8 Å². The summed E-state index contributed by atoms with van der Waals surface area (Å²) >= 11 is 0. The molecule has 0 radical (unpaired) electrons. The Labute approximate surface area is 177 Å². The summed E-state index contributed by atoms with van der Waals surface area (Å²) in [5, 5.41) is 3.49. The zero-order chi connectivity index (χ0) is 20.3. The zero-order valence-corrected chi connectivity index (χ0v) is 17.1. The average molecular weight is 402 g/mol. The highest BCUT2D eigenvalue weighted by Crippen LogP contribution is 2.43. The molecule has 7 rings (SSSR count). The maximum absolute atomic E-state index is 13.5. The van der Waals surface area contributed by atoms with Crippen LogP contribution in [0.2, 0.25) is 0 Å². The molecule has 2 aromatic carbocycles. The van der Waals surface area contributed by atoms with Gasteiger partial charge in [0.2, 0.25) is 0 Å². The molecular weight excluding hydrogens is 374 g/mol. The molecule has 3 atom stereocenters. The lowest BCUT2D eigenvalue weighted by molar-refractivity contribution is 0.0180. The summed E-state index contributed by atoms with van der Waals surface area (Å²) in [5.74, 6) is 0.558. The number of amides is 1. The molecule has 0 aromatic heterocycles. The Bertz CT molecular complexity index is 1000. The molecule has 5 aliphatic rings. The van der Waals surface area contributed by atoms with Gasteiger partial charge in [0.25, 0.3) is 5.91 Å². The van der Waals surface area contributed by atoms with Crippen molar-refractivity contribution in [3.63, 3.8) is 0 Å². The number of Topliss-reactive ketones (excluding diaryl/α,β-unsaturated/α-hetero) is 1. The van der Waals surface area contributed by atoms with Gasteiger partial charge >= 0.3 is 0 Å². The number of rotatable bonds is 3. The fourth-order valence-electron chi connectivity index (χ4n) is 6.49. The molecule has 5 heteroatoms. The van der Waals surface area contributed by atoms with E-state index in [-0.39, 0.29) is 23.1 Å². The third-order valence-electron chi connectivity index (χ3n) is 7.75. The van der Waals surface area contributed by atoms with Crippen molar-refractivity contribution < 1.29 is 9.59 Å². The van der Waals surface area contributed by atoms with Gasteiger partial charge in [0, 0.05) is 74.2 Å². The molecule has 0 spiro atoms. The second-order valence-electron chi connectivity index (χ2n) is 9.46. The van der Waals surface area contributed by atoms with Crippen molar-refractivity contribution in [2.45, 2.75) is 24.3 Å². The van der Waals surface area contributed by atoms with Crippen LogP contribution in [-0.2, 0) is 11.8 Å². The van der Waals surface area contributed by atoms with Gasteiger partial charge in [0.1, 0.15) is 0 Å². The third kappa shape index (κ3) is 2.69. The van der Waals surface area contributed by atoms with E-state index < -0.39 is 0 Å². The van der Waals surface area contributed by atoms with Gasteiger partial charge in [-0.3, -0.25) is 9.59 Å². The van der Waals surface area contributed by atoms with Crippen molar-refractivity contribution in [1.29, 1.82) is 0 Å². The molecule has 3 unspecified atom stereocenters. The lowest BCUT2D eigenvalue weighted by atomic mass is 9.64. The normalized spacial score (nSPS) is 33.9. The Balaban J connectivity index is 1.39. The lowest BCUT2D eigenvalue weighted by Crippen LogP contribution is -2.70. The van der Waals surface area contributed by atoms with Crippen molar-refractivity contribution in [2.24, 2.45) is 5.92 Å². The molecule has 5 nitrogen and oxygen atoms in total. The van der Waals surface area contributed by atoms with Crippen LogP contribution in [0.5, 0.6) is 0 Å². The minimum Gasteiger partial charge on any atom is -0.348 e. The number of benzene rings is 2. The molecule has 4 aliphatic heterocycles. The minimum atomic E-state index is -0.0949. The molecule has 4 heterocycles. The first-order valence-corrected chi connectivity index (χ1v) is 11.1. The van der Waals surface area contributed by atoms with Crippen LogP contribution in [-0.4, -0.2) is 66.8 Å². The highest BCUT2D eigenvalue weighted by Gasteiger charge is 2.55. The summed E-state index contributed by atoms with van der Waals surface area (Å²) < 4.78 is 0. The standard InChI is InChI=1S/C25H27N3O2/c29-22-10-9-19-20(22)7-4-8-21(19)24(30)26-23-17-13-27-11-12-28(14-17)16-25(23,15-27)18-5-2-1-3-6-18/h1-8,17,23H,9-16H2,(H,26,30). The first-order chi connectivity index (χ1) is 14.6. The van der Waals surface area contributed by atoms with Crippen molar-refractivity contribution in [2.75, 3.05) is 39.3 Å². The van der Waals surface area contributed by atoms with E-state index in [0.717, 1.165) is 50.4 Å². The Morgan fingerprint density at radius 2 is 1.67 bits per heavy atom. The number of carbonyl (C=O) groups is 2. The number of nitrogens with one attached hydrogen (secondary N) is 1. The highest BCUT2D eigenvalue weighted by atomic mass is 16.2. The maximum atomic E-state index is 13.5. The highest BCUT2D eigenvalue weighted by molar-refractivity contribution is 6.05. The maximum Gasteiger partial charge on any atom is 0.251 e. The predicted molar refractivity (Wildman–Crippen MR) is 115 cm³/mol. The Morgan fingerprint density at radius 3 is 2.40 bits per heavy atom. The molecule has 1 aliphatic carbocycles. The smallest absolute Gasteiger partial charge is 0.251 e. The van der Waals surface area contributed by atoms with E-state index in [1.165, 1.54) is 5.56 Å². The van der Waals surface area contributed by atoms with Gasteiger partial charge in [-0.25, -0.2) is 0 Å². The summed E-state index contributed by atoms with van der Waals surface area (Å²) in [5.41, 5.74) is 3.59. The van der Waals surface area contributed by atoms with Gasteiger partial charge in [0.05, 0.1) is 0 Å². The fourth-order valence-corrected chi connectivity index (χ4v) is 6.49. The molecule has 4 bridgehead atoms. The number of hydrogen-bond acceptors (Lipinski definition) is 4. The first kappa shape index (κ1) is 18.3. The molecule has 30 heavy (non-hydrogen) atoms. The largest absolute Gasteiger partial charge is 0.348 e. The number of hydrogen-bond donors (Lipinski definition) is 1. The fraction of sp³-hybridized carbons (Fsp3) is 0.440. The van der Waals surface area contributed by atoms with Gasteiger partial charge in [-0.1, -0.05) is 42.5 Å². The minimum absolute atomic E-state index is 0.0157. The monoisotopic (exact) mass is 401 g/mol. The van der Waals surface area contributed by atoms with Crippen LogP contribution >= 0.6 is 0 Å². The Kier molecular flexibility index (Phi) is 4.12. The number of nitrogens with zero attached hydrogens (tertiary/aromatic N) is 2. The van der Waals surface area contributed by atoms with Crippen LogP contribution in [0, 0.1) is 5.92 Å². The summed E-state index contributed by atoms with van der Waals surface area (Å²) in [6.07, 6.45) is 1.20. The van der Waals surface area contributed by atoms with Crippen LogP contribution in [0.25, 0.3) is 0 Å². The summed E-state index contributed by atoms with van der Waals surface area (Å²) in [7, 11) is 0. The first-order valence-electron chi connectivity index (χ1n) is 11.1. The van der Waals surface area contributed by atoms with E-state index in [1.54, 1.807) is 0 Å². The molecule has 0 saturated carbocycles. The van der Waals surface area contributed by atoms with E-state index in [4.69, 9.17) is 0 Å². The number of piperidine rings is 2. The number of fused-ring (bicyclic) bond motifs is 2.